The second-order valence-electron chi connectivity index (χ2n) is 4.23. The largest absolute Gasteiger partial charge is 0.460 e. The van der Waals surface area contributed by atoms with E-state index in [-0.39, 0.29) is 12.8 Å². The number of ketones is 2. The molecule has 0 saturated heterocycles. The maximum Gasteiger partial charge on any atom is 0.460 e. The van der Waals surface area contributed by atoms with Gasteiger partial charge in [-0.3, -0.25) is 9.59 Å². The lowest BCUT2D eigenvalue weighted by atomic mass is 9.92. The number of Topliss-reactive ketones (excluding diaryl/α,β-unsaturated/α-hetero) is 2. The van der Waals surface area contributed by atoms with E-state index in [1.165, 1.54) is 13.8 Å². The maximum atomic E-state index is 13.0. The predicted molar refractivity (Wildman–Crippen MR) is 54.7 cm³/mol. The van der Waals surface area contributed by atoms with Crippen LogP contribution in [0.3, 0.4) is 0 Å². The van der Waals surface area contributed by atoms with Crippen LogP contribution in [0.1, 0.15) is 33.1 Å². The molecule has 9 heteroatoms. The van der Waals surface area contributed by atoms with E-state index < -0.39 is 41.9 Å². The van der Waals surface area contributed by atoms with Crippen molar-refractivity contribution in [3.05, 3.63) is 0 Å². The minimum Gasteiger partial charge on any atom is -0.299 e. The molecule has 0 atom stereocenters. The van der Waals surface area contributed by atoms with Crippen LogP contribution < -0.4 is 0 Å². The van der Waals surface area contributed by atoms with Gasteiger partial charge in [0.2, 0.25) is 5.78 Å². The van der Waals surface area contributed by atoms with Crippen LogP contribution in [0.4, 0.5) is 30.7 Å². The summed E-state index contributed by atoms with van der Waals surface area (Å²) in [5.41, 5.74) is 0. The minimum absolute atomic E-state index is 0.170. The molecular formula is C11H13F7O2. The number of alkyl halides is 7. The highest BCUT2D eigenvalue weighted by atomic mass is 19.4. The Morgan fingerprint density at radius 3 is 1.60 bits per heavy atom. The van der Waals surface area contributed by atoms with Crippen molar-refractivity contribution in [3.63, 3.8) is 0 Å². The number of hydrogen-bond acceptors (Lipinski definition) is 2. The van der Waals surface area contributed by atoms with Gasteiger partial charge in [-0.1, -0.05) is 13.8 Å². The van der Waals surface area contributed by atoms with Crippen molar-refractivity contribution in [1.82, 2.24) is 0 Å². The van der Waals surface area contributed by atoms with Gasteiger partial charge >= 0.3 is 18.0 Å². The van der Waals surface area contributed by atoms with Gasteiger partial charge in [-0.25, -0.2) is 0 Å². The topological polar surface area (TPSA) is 34.1 Å². The zero-order chi connectivity index (χ0) is 16.4. The molecule has 118 valence electrons. The van der Waals surface area contributed by atoms with E-state index in [0.29, 0.717) is 0 Å². The van der Waals surface area contributed by atoms with E-state index in [0.717, 1.165) is 0 Å². The molecule has 0 rings (SSSR count). The summed E-state index contributed by atoms with van der Waals surface area (Å²) in [6.07, 6.45) is -7.89. The van der Waals surface area contributed by atoms with Gasteiger partial charge in [0.1, 0.15) is 5.78 Å². The lowest BCUT2D eigenvalue weighted by molar-refractivity contribution is -0.343. The molecule has 0 aliphatic heterocycles. The van der Waals surface area contributed by atoms with Crippen molar-refractivity contribution in [3.8, 4) is 0 Å². The van der Waals surface area contributed by atoms with Crippen LogP contribution in [0.5, 0.6) is 0 Å². The third-order valence-corrected chi connectivity index (χ3v) is 2.88. The number of hydrogen-bond donors (Lipinski definition) is 0. The molecule has 2 nitrogen and oxygen atoms in total. The van der Waals surface area contributed by atoms with Crippen LogP contribution >= 0.6 is 0 Å². The molecule has 0 unspecified atom stereocenters. The van der Waals surface area contributed by atoms with Crippen LogP contribution in [-0.2, 0) is 9.59 Å². The van der Waals surface area contributed by atoms with E-state index in [1.807, 2.05) is 0 Å². The van der Waals surface area contributed by atoms with Crippen LogP contribution in [0.15, 0.2) is 0 Å². The first kappa shape index (κ1) is 18.9. The van der Waals surface area contributed by atoms with Gasteiger partial charge in [0.25, 0.3) is 0 Å². The molecule has 0 aliphatic carbocycles. The molecule has 0 fully saturated rings. The normalized spacial score (nSPS) is 13.7. The Kier molecular flexibility index (Phi) is 5.74. The molecular weight excluding hydrogens is 297 g/mol. The molecule has 0 spiro atoms. The minimum atomic E-state index is -6.58. The number of rotatable bonds is 7. The molecule has 0 aliphatic rings. The summed E-state index contributed by atoms with van der Waals surface area (Å²) < 4.78 is 86.6. The van der Waals surface area contributed by atoms with E-state index in [4.69, 9.17) is 0 Å². The van der Waals surface area contributed by atoms with E-state index in [1.54, 1.807) is 0 Å². The third-order valence-electron chi connectivity index (χ3n) is 2.88. The van der Waals surface area contributed by atoms with E-state index in [9.17, 15) is 40.3 Å². The maximum absolute atomic E-state index is 13.0. The second kappa shape index (κ2) is 6.09. The fraction of sp³-hybridized carbons (Fsp3) is 0.818. The average Bonchev–Trinajstić information content (AvgIpc) is 2.28. The molecule has 0 saturated carbocycles. The van der Waals surface area contributed by atoms with Crippen LogP contribution in [-0.4, -0.2) is 29.6 Å². The first-order chi connectivity index (χ1) is 8.82. The average molecular weight is 310 g/mol. The monoisotopic (exact) mass is 310 g/mol. The van der Waals surface area contributed by atoms with Crippen molar-refractivity contribution in [2.24, 2.45) is 5.92 Å². The van der Waals surface area contributed by atoms with Crippen molar-refractivity contribution in [2.45, 2.75) is 51.1 Å². The summed E-state index contributed by atoms with van der Waals surface area (Å²) in [6.45, 7) is 3.00. The van der Waals surface area contributed by atoms with Gasteiger partial charge in [0.15, 0.2) is 0 Å². The van der Waals surface area contributed by atoms with Gasteiger partial charge in [-0.05, 0) is 12.8 Å². The number of carbonyl (C=O) groups excluding carboxylic acids is 2. The third kappa shape index (κ3) is 3.49. The molecule has 0 aromatic heterocycles. The zero-order valence-corrected chi connectivity index (χ0v) is 10.7. The molecule has 20 heavy (non-hydrogen) atoms. The fourth-order valence-corrected chi connectivity index (χ4v) is 1.51. The summed E-state index contributed by atoms with van der Waals surface area (Å²) >= 11 is 0. The summed E-state index contributed by atoms with van der Waals surface area (Å²) in [4.78, 5) is 22.3. The first-order valence-electron chi connectivity index (χ1n) is 5.71. The Hall–Kier alpha value is -1.15. The molecule has 0 radical (unpaired) electrons. The summed E-state index contributed by atoms with van der Waals surface area (Å²) in [7, 11) is 0. The summed E-state index contributed by atoms with van der Waals surface area (Å²) in [5, 5.41) is 0. The summed E-state index contributed by atoms with van der Waals surface area (Å²) in [6, 6.07) is 0. The first-order valence-corrected chi connectivity index (χ1v) is 5.71. The zero-order valence-electron chi connectivity index (χ0n) is 10.7. The van der Waals surface area contributed by atoms with Gasteiger partial charge in [-0.15, -0.1) is 0 Å². The molecule has 0 amide bonds. The number of carbonyl (C=O) groups is 2. The van der Waals surface area contributed by atoms with Crippen molar-refractivity contribution >= 4 is 11.6 Å². The van der Waals surface area contributed by atoms with Crippen LogP contribution in [0.25, 0.3) is 0 Å². The highest BCUT2D eigenvalue weighted by molar-refractivity contribution is 6.03. The van der Waals surface area contributed by atoms with Gasteiger partial charge < -0.3 is 0 Å². The SMILES string of the molecule is CCC(CC)C(=O)CC(=O)C(F)(F)C(F)(F)C(F)(F)F. The van der Waals surface area contributed by atoms with Gasteiger partial charge in [0.05, 0.1) is 6.42 Å². The van der Waals surface area contributed by atoms with Crippen molar-refractivity contribution < 1.29 is 40.3 Å². The Morgan fingerprint density at radius 1 is 0.900 bits per heavy atom. The van der Waals surface area contributed by atoms with Gasteiger partial charge in [0, 0.05) is 5.92 Å². The molecule has 0 N–H and O–H groups in total. The van der Waals surface area contributed by atoms with Crippen LogP contribution in [0.2, 0.25) is 0 Å². The van der Waals surface area contributed by atoms with Gasteiger partial charge in [-0.2, -0.15) is 30.7 Å². The highest BCUT2D eigenvalue weighted by Crippen LogP contribution is 2.47. The van der Waals surface area contributed by atoms with Crippen LogP contribution in [0, 0.1) is 5.92 Å². The molecule has 0 heterocycles. The fourth-order valence-electron chi connectivity index (χ4n) is 1.51. The second-order valence-corrected chi connectivity index (χ2v) is 4.23. The Balaban J connectivity index is 5.15. The van der Waals surface area contributed by atoms with Crippen molar-refractivity contribution in [1.29, 1.82) is 0 Å². The molecule has 0 aromatic rings. The lowest BCUT2D eigenvalue weighted by Gasteiger charge is -2.27. The molecule has 0 bridgehead atoms. The summed E-state index contributed by atoms with van der Waals surface area (Å²) in [5.74, 6) is -17.1. The Labute approximate surface area is 110 Å². The standard InChI is InChI=1S/C11H13F7O2/c1-3-6(4-2)7(19)5-8(20)9(12,13)10(14,15)11(16,17)18/h6H,3-5H2,1-2H3. The lowest BCUT2D eigenvalue weighted by Crippen LogP contribution is -2.56. The predicted octanol–water partition coefficient (Wildman–Crippen LogP) is 3.78. The quantitative estimate of drug-likeness (QED) is 0.530. The van der Waals surface area contributed by atoms with Crippen molar-refractivity contribution in [2.75, 3.05) is 0 Å². The van der Waals surface area contributed by atoms with E-state index in [2.05, 4.69) is 0 Å². The van der Waals surface area contributed by atoms with E-state index >= 15 is 0 Å². The smallest absolute Gasteiger partial charge is 0.299 e. The highest BCUT2D eigenvalue weighted by Gasteiger charge is 2.75. The molecule has 0 aromatic carbocycles. The number of halogens is 7. The Bertz CT molecular complexity index is 369. The Morgan fingerprint density at radius 2 is 1.30 bits per heavy atom.